The Kier molecular flexibility index (Phi) is 3.18. The number of hydrogen-bond acceptors (Lipinski definition) is 3. The van der Waals surface area contributed by atoms with Crippen LogP contribution >= 0.6 is 0 Å². The van der Waals surface area contributed by atoms with Gasteiger partial charge in [0.15, 0.2) is 0 Å². The summed E-state index contributed by atoms with van der Waals surface area (Å²) in [5.41, 5.74) is 1.72. The van der Waals surface area contributed by atoms with Gasteiger partial charge in [-0.3, -0.25) is 4.79 Å². The van der Waals surface area contributed by atoms with Crippen LogP contribution in [0.5, 0.6) is 0 Å². The predicted molar refractivity (Wildman–Crippen MR) is 73.1 cm³/mol. The Bertz CT molecular complexity index is 538. The summed E-state index contributed by atoms with van der Waals surface area (Å²) in [6.07, 6.45) is 4.02. The molecule has 1 saturated heterocycles. The lowest BCUT2D eigenvalue weighted by atomic mass is 10.2. The van der Waals surface area contributed by atoms with Crippen LogP contribution in [0.15, 0.2) is 42.9 Å². The second-order valence-electron chi connectivity index (χ2n) is 4.71. The van der Waals surface area contributed by atoms with Gasteiger partial charge in [0.1, 0.15) is 5.69 Å². The number of nitrogens with one attached hydrogen (secondary N) is 2. The Morgan fingerprint density at radius 2 is 2.21 bits per heavy atom. The van der Waals surface area contributed by atoms with Crippen molar-refractivity contribution in [2.24, 2.45) is 0 Å². The average molecular weight is 256 g/mol. The molecular weight excluding hydrogens is 240 g/mol. The van der Waals surface area contributed by atoms with Crippen molar-refractivity contribution in [2.75, 3.05) is 18.0 Å². The molecule has 1 atom stereocenters. The molecule has 5 heteroatoms. The van der Waals surface area contributed by atoms with Crippen LogP contribution in [0.3, 0.4) is 0 Å². The third-order valence-electron chi connectivity index (χ3n) is 3.39. The van der Waals surface area contributed by atoms with E-state index in [1.807, 2.05) is 18.2 Å². The van der Waals surface area contributed by atoms with Crippen molar-refractivity contribution in [3.63, 3.8) is 0 Å². The summed E-state index contributed by atoms with van der Waals surface area (Å²) < 4.78 is 0. The summed E-state index contributed by atoms with van der Waals surface area (Å²) >= 11 is 0. The van der Waals surface area contributed by atoms with Gasteiger partial charge in [0, 0.05) is 24.8 Å². The summed E-state index contributed by atoms with van der Waals surface area (Å²) in [6.45, 7) is 1.82. The molecule has 2 heterocycles. The molecule has 1 aromatic heterocycles. The molecule has 98 valence electrons. The normalized spacial score (nSPS) is 18.5. The first-order valence-corrected chi connectivity index (χ1v) is 6.42. The lowest BCUT2D eigenvalue weighted by Crippen LogP contribution is -2.37. The molecule has 0 saturated carbocycles. The second kappa shape index (κ2) is 5.14. The van der Waals surface area contributed by atoms with Crippen LogP contribution in [0.25, 0.3) is 0 Å². The van der Waals surface area contributed by atoms with Gasteiger partial charge in [0.05, 0.1) is 12.5 Å². The van der Waals surface area contributed by atoms with Gasteiger partial charge in [0.25, 0.3) is 5.91 Å². The molecule has 5 nitrogen and oxygen atoms in total. The number of aromatic nitrogens is 2. The highest BCUT2D eigenvalue weighted by molar-refractivity contribution is 5.92. The van der Waals surface area contributed by atoms with E-state index in [1.165, 1.54) is 12.0 Å². The van der Waals surface area contributed by atoms with Gasteiger partial charge in [-0.1, -0.05) is 18.2 Å². The molecule has 0 bridgehead atoms. The number of H-pyrrole nitrogens is 1. The molecule has 1 aromatic carbocycles. The summed E-state index contributed by atoms with van der Waals surface area (Å²) in [4.78, 5) is 20.9. The number of rotatable bonds is 3. The van der Waals surface area contributed by atoms with Crippen molar-refractivity contribution >= 4 is 11.6 Å². The number of benzene rings is 1. The van der Waals surface area contributed by atoms with Crippen molar-refractivity contribution in [1.82, 2.24) is 15.3 Å². The summed E-state index contributed by atoms with van der Waals surface area (Å²) in [7, 11) is 0. The van der Waals surface area contributed by atoms with Crippen LogP contribution < -0.4 is 10.2 Å². The first-order valence-electron chi connectivity index (χ1n) is 6.42. The highest BCUT2D eigenvalue weighted by atomic mass is 16.2. The van der Waals surface area contributed by atoms with Gasteiger partial charge in [-0.2, -0.15) is 0 Å². The maximum Gasteiger partial charge on any atom is 0.269 e. The minimum Gasteiger partial charge on any atom is -0.369 e. The SMILES string of the molecule is O=C(NC1CCN(c2ccccc2)C1)c1cnc[nH]1. The van der Waals surface area contributed by atoms with Crippen LogP contribution in [-0.4, -0.2) is 35.0 Å². The minimum atomic E-state index is -0.0857. The zero-order valence-electron chi connectivity index (χ0n) is 10.5. The monoisotopic (exact) mass is 256 g/mol. The molecule has 1 amide bonds. The fraction of sp³-hybridized carbons (Fsp3) is 0.286. The van der Waals surface area contributed by atoms with E-state index in [0.717, 1.165) is 19.5 Å². The van der Waals surface area contributed by atoms with E-state index in [9.17, 15) is 4.79 Å². The highest BCUT2D eigenvalue weighted by Crippen LogP contribution is 2.19. The molecule has 0 spiro atoms. The molecular formula is C14H16N4O. The minimum absolute atomic E-state index is 0.0857. The topological polar surface area (TPSA) is 61.0 Å². The molecule has 0 aliphatic carbocycles. The molecule has 2 aromatic rings. The molecule has 1 aliphatic rings. The quantitative estimate of drug-likeness (QED) is 0.873. The number of carbonyl (C=O) groups is 1. The number of aromatic amines is 1. The largest absolute Gasteiger partial charge is 0.369 e. The zero-order valence-corrected chi connectivity index (χ0v) is 10.5. The maximum absolute atomic E-state index is 11.9. The zero-order chi connectivity index (χ0) is 13.1. The molecule has 1 fully saturated rings. The number of anilines is 1. The number of imidazole rings is 1. The third-order valence-corrected chi connectivity index (χ3v) is 3.39. The number of carbonyl (C=O) groups excluding carboxylic acids is 1. The molecule has 2 N–H and O–H groups in total. The average Bonchev–Trinajstić information content (AvgIpc) is 3.11. The summed E-state index contributed by atoms with van der Waals surface area (Å²) in [5.74, 6) is -0.0857. The molecule has 1 unspecified atom stereocenters. The van der Waals surface area contributed by atoms with E-state index in [4.69, 9.17) is 0 Å². The number of para-hydroxylation sites is 1. The van der Waals surface area contributed by atoms with Crippen LogP contribution in [0, 0.1) is 0 Å². The first kappa shape index (κ1) is 11.8. The van der Waals surface area contributed by atoms with E-state index >= 15 is 0 Å². The van der Waals surface area contributed by atoms with Crippen LogP contribution in [0.2, 0.25) is 0 Å². The van der Waals surface area contributed by atoms with Gasteiger partial charge in [-0.25, -0.2) is 4.98 Å². The van der Waals surface area contributed by atoms with Crippen LogP contribution in [0.4, 0.5) is 5.69 Å². The van der Waals surface area contributed by atoms with E-state index < -0.39 is 0 Å². The van der Waals surface area contributed by atoms with Crippen LogP contribution in [-0.2, 0) is 0 Å². The van der Waals surface area contributed by atoms with Crippen LogP contribution in [0.1, 0.15) is 16.9 Å². The Morgan fingerprint density at radius 3 is 2.95 bits per heavy atom. The lowest BCUT2D eigenvalue weighted by Gasteiger charge is -2.18. The lowest BCUT2D eigenvalue weighted by molar-refractivity contribution is 0.0936. The van der Waals surface area contributed by atoms with Crippen molar-refractivity contribution in [3.8, 4) is 0 Å². The van der Waals surface area contributed by atoms with Crippen molar-refractivity contribution in [3.05, 3.63) is 48.5 Å². The first-order chi connectivity index (χ1) is 9.33. The Balaban J connectivity index is 1.59. The fourth-order valence-corrected chi connectivity index (χ4v) is 2.39. The Hall–Kier alpha value is -2.30. The predicted octanol–water partition coefficient (Wildman–Crippen LogP) is 1.42. The van der Waals surface area contributed by atoms with Gasteiger partial charge in [0.2, 0.25) is 0 Å². The smallest absolute Gasteiger partial charge is 0.269 e. The van der Waals surface area contributed by atoms with Gasteiger partial charge in [-0.05, 0) is 18.6 Å². The summed E-state index contributed by atoms with van der Waals surface area (Å²) in [5, 5.41) is 3.03. The molecule has 0 radical (unpaired) electrons. The molecule has 3 rings (SSSR count). The second-order valence-corrected chi connectivity index (χ2v) is 4.71. The van der Waals surface area contributed by atoms with Crippen molar-refractivity contribution in [1.29, 1.82) is 0 Å². The summed E-state index contributed by atoms with van der Waals surface area (Å²) in [6, 6.07) is 10.5. The Labute approximate surface area is 111 Å². The maximum atomic E-state index is 11.9. The Morgan fingerprint density at radius 1 is 1.37 bits per heavy atom. The number of amides is 1. The number of hydrogen-bond donors (Lipinski definition) is 2. The fourth-order valence-electron chi connectivity index (χ4n) is 2.39. The van der Waals surface area contributed by atoms with E-state index in [-0.39, 0.29) is 11.9 Å². The third kappa shape index (κ3) is 2.59. The van der Waals surface area contributed by atoms with E-state index in [1.54, 1.807) is 6.20 Å². The standard InChI is InChI=1S/C14H16N4O/c19-14(13-8-15-10-16-13)17-11-6-7-18(9-11)12-4-2-1-3-5-12/h1-5,8,10-11H,6-7,9H2,(H,15,16)(H,17,19). The van der Waals surface area contributed by atoms with Gasteiger partial charge in [-0.15, -0.1) is 0 Å². The van der Waals surface area contributed by atoms with Gasteiger partial charge >= 0.3 is 0 Å². The number of nitrogens with zero attached hydrogens (tertiary/aromatic N) is 2. The van der Waals surface area contributed by atoms with E-state index in [0.29, 0.717) is 5.69 Å². The van der Waals surface area contributed by atoms with E-state index in [2.05, 4.69) is 32.3 Å². The van der Waals surface area contributed by atoms with Crippen molar-refractivity contribution < 1.29 is 4.79 Å². The van der Waals surface area contributed by atoms with Gasteiger partial charge < -0.3 is 15.2 Å². The van der Waals surface area contributed by atoms with Crippen molar-refractivity contribution in [2.45, 2.75) is 12.5 Å². The highest BCUT2D eigenvalue weighted by Gasteiger charge is 2.24. The molecule has 1 aliphatic heterocycles. The molecule has 19 heavy (non-hydrogen) atoms.